The first-order valence-electron chi connectivity index (χ1n) is 5.50. The van der Waals surface area contributed by atoms with Crippen molar-refractivity contribution >= 4 is 17.4 Å². The number of fused-ring (bicyclic) bond motifs is 1. The van der Waals surface area contributed by atoms with E-state index in [2.05, 4.69) is 16.7 Å². The lowest BCUT2D eigenvalue weighted by Crippen LogP contribution is -2.31. The molecule has 0 spiro atoms. The van der Waals surface area contributed by atoms with E-state index in [1.54, 1.807) is 15.5 Å². The Morgan fingerprint density at radius 1 is 1.61 bits per heavy atom. The number of aromatic nitrogens is 3. The van der Waals surface area contributed by atoms with E-state index in [-0.39, 0.29) is 6.54 Å². The van der Waals surface area contributed by atoms with Gasteiger partial charge in [-0.1, -0.05) is 6.08 Å². The number of pyridine rings is 1. The van der Waals surface area contributed by atoms with Crippen LogP contribution in [-0.4, -0.2) is 38.8 Å². The maximum Gasteiger partial charge on any atom is 0.323 e. The molecule has 2 aromatic heterocycles. The van der Waals surface area contributed by atoms with Crippen LogP contribution in [0.5, 0.6) is 0 Å². The van der Waals surface area contributed by atoms with Crippen LogP contribution in [0.3, 0.4) is 0 Å². The molecular formula is C12H14N4O2. The van der Waals surface area contributed by atoms with Crippen molar-refractivity contribution in [2.24, 2.45) is 0 Å². The Hall–Kier alpha value is -2.37. The van der Waals surface area contributed by atoms with Gasteiger partial charge in [0.25, 0.3) is 0 Å². The van der Waals surface area contributed by atoms with Gasteiger partial charge in [-0.15, -0.1) is 6.58 Å². The van der Waals surface area contributed by atoms with Crippen molar-refractivity contribution in [2.45, 2.75) is 6.92 Å². The number of rotatable bonds is 5. The topological polar surface area (TPSA) is 70.7 Å². The maximum absolute atomic E-state index is 10.9. The highest BCUT2D eigenvalue weighted by Gasteiger charge is 2.14. The van der Waals surface area contributed by atoms with Crippen LogP contribution in [0.15, 0.2) is 31.1 Å². The predicted molar refractivity (Wildman–Crippen MR) is 67.8 cm³/mol. The molecule has 0 aliphatic rings. The van der Waals surface area contributed by atoms with Crippen molar-refractivity contribution in [3.8, 4) is 0 Å². The molecule has 18 heavy (non-hydrogen) atoms. The zero-order chi connectivity index (χ0) is 13.1. The van der Waals surface area contributed by atoms with E-state index in [4.69, 9.17) is 5.11 Å². The van der Waals surface area contributed by atoms with E-state index in [0.717, 1.165) is 5.56 Å². The highest BCUT2D eigenvalue weighted by atomic mass is 16.4. The van der Waals surface area contributed by atoms with Crippen LogP contribution >= 0.6 is 0 Å². The Kier molecular flexibility index (Phi) is 3.27. The van der Waals surface area contributed by atoms with Crippen molar-refractivity contribution in [3.05, 3.63) is 36.7 Å². The number of aryl methyl sites for hydroxylation is 1. The maximum atomic E-state index is 10.9. The average Bonchev–Trinajstić information content (AvgIpc) is 2.74. The summed E-state index contributed by atoms with van der Waals surface area (Å²) >= 11 is 0. The Bertz CT molecular complexity index is 591. The molecule has 0 saturated heterocycles. The van der Waals surface area contributed by atoms with Crippen LogP contribution in [0, 0.1) is 6.92 Å². The van der Waals surface area contributed by atoms with Crippen molar-refractivity contribution in [1.82, 2.24) is 14.6 Å². The molecular weight excluding hydrogens is 232 g/mol. The number of carboxylic acid groups (broad SMARTS) is 1. The first kappa shape index (κ1) is 12.1. The van der Waals surface area contributed by atoms with E-state index >= 15 is 0 Å². The fraction of sp³-hybridized carbons (Fsp3) is 0.250. The zero-order valence-electron chi connectivity index (χ0n) is 10.1. The van der Waals surface area contributed by atoms with Crippen LogP contribution in [0.25, 0.3) is 5.65 Å². The first-order chi connectivity index (χ1) is 8.61. The Morgan fingerprint density at radius 2 is 2.39 bits per heavy atom. The van der Waals surface area contributed by atoms with Gasteiger partial charge >= 0.3 is 5.97 Å². The average molecular weight is 246 g/mol. The number of hydrogen-bond donors (Lipinski definition) is 1. The Morgan fingerprint density at radius 3 is 3.06 bits per heavy atom. The van der Waals surface area contributed by atoms with Gasteiger partial charge < -0.3 is 10.0 Å². The lowest BCUT2D eigenvalue weighted by atomic mass is 10.2. The van der Waals surface area contributed by atoms with Gasteiger partial charge in [-0.2, -0.15) is 9.61 Å². The van der Waals surface area contributed by atoms with Crippen LogP contribution in [0.2, 0.25) is 0 Å². The second-order valence-corrected chi connectivity index (χ2v) is 3.98. The standard InChI is InChI=1S/C12H14N4O2/c1-3-4-15(7-12(17)18)11-6-9(2)5-10-13-8-14-16(10)11/h3,5-6,8H,1,4,7H2,2H3,(H,17,18). The van der Waals surface area contributed by atoms with Crippen molar-refractivity contribution in [1.29, 1.82) is 0 Å². The molecule has 0 aliphatic carbocycles. The van der Waals surface area contributed by atoms with Gasteiger partial charge in [0.2, 0.25) is 0 Å². The number of carboxylic acids is 1. The summed E-state index contributed by atoms with van der Waals surface area (Å²) in [6, 6.07) is 3.78. The number of anilines is 1. The Labute approximate surface area is 104 Å². The Balaban J connectivity index is 2.51. The monoisotopic (exact) mass is 246 g/mol. The van der Waals surface area contributed by atoms with Crippen molar-refractivity contribution < 1.29 is 9.90 Å². The summed E-state index contributed by atoms with van der Waals surface area (Å²) in [5.41, 5.74) is 1.70. The molecule has 0 fully saturated rings. The van der Waals surface area contributed by atoms with Crippen LogP contribution < -0.4 is 4.90 Å². The van der Waals surface area contributed by atoms with Gasteiger partial charge in [0.15, 0.2) is 5.65 Å². The minimum Gasteiger partial charge on any atom is -0.480 e. The van der Waals surface area contributed by atoms with Gasteiger partial charge in [-0.25, -0.2) is 4.98 Å². The summed E-state index contributed by atoms with van der Waals surface area (Å²) in [7, 11) is 0. The minimum absolute atomic E-state index is 0.107. The zero-order valence-corrected chi connectivity index (χ0v) is 10.1. The summed E-state index contributed by atoms with van der Waals surface area (Å²) in [6.07, 6.45) is 3.11. The normalized spacial score (nSPS) is 10.5. The number of hydrogen-bond acceptors (Lipinski definition) is 4. The minimum atomic E-state index is -0.897. The third-order valence-electron chi connectivity index (χ3n) is 2.50. The third kappa shape index (κ3) is 2.32. The van der Waals surface area contributed by atoms with Gasteiger partial charge in [-0.3, -0.25) is 4.79 Å². The second kappa shape index (κ2) is 4.87. The molecule has 0 bridgehead atoms. The molecule has 1 N–H and O–H groups in total. The summed E-state index contributed by atoms with van der Waals surface area (Å²) in [5, 5.41) is 13.0. The summed E-state index contributed by atoms with van der Waals surface area (Å²) < 4.78 is 1.62. The second-order valence-electron chi connectivity index (χ2n) is 3.98. The molecule has 0 saturated carbocycles. The fourth-order valence-corrected chi connectivity index (χ4v) is 1.82. The van der Waals surface area contributed by atoms with Gasteiger partial charge in [0.1, 0.15) is 18.7 Å². The van der Waals surface area contributed by atoms with E-state index in [0.29, 0.717) is 18.0 Å². The van der Waals surface area contributed by atoms with Gasteiger partial charge in [-0.05, 0) is 24.6 Å². The quantitative estimate of drug-likeness (QED) is 0.800. The van der Waals surface area contributed by atoms with Gasteiger partial charge in [0, 0.05) is 6.54 Å². The van der Waals surface area contributed by atoms with E-state index in [1.807, 2.05) is 19.1 Å². The van der Waals surface area contributed by atoms with Gasteiger partial charge in [0.05, 0.1) is 0 Å². The van der Waals surface area contributed by atoms with E-state index in [1.165, 1.54) is 6.33 Å². The molecule has 94 valence electrons. The smallest absolute Gasteiger partial charge is 0.323 e. The van der Waals surface area contributed by atoms with Crippen molar-refractivity contribution in [2.75, 3.05) is 18.0 Å². The molecule has 6 nitrogen and oxygen atoms in total. The predicted octanol–water partition coefficient (Wildman–Crippen LogP) is 1.11. The summed E-state index contributed by atoms with van der Waals surface area (Å²) in [6.45, 7) is 5.91. The molecule has 2 heterocycles. The largest absolute Gasteiger partial charge is 0.480 e. The number of aliphatic carboxylic acids is 1. The molecule has 0 aliphatic heterocycles. The molecule has 0 amide bonds. The number of carbonyl (C=O) groups is 1. The first-order valence-corrected chi connectivity index (χ1v) is 5.50. The van der Waals surface area contributed by atoms with E-state index in [9.17, 15) is 4.79 Å². The molecule has 0 unspecified atom stereocenters. The molecule has 2 aromatic rings. The van der Waals surface area contributed by atoms with Crippen LogP contribution in [0.4, 0.5) is 5.82 Å². The summed E-state index contributed by atoms with van der Waals surface area (Å²) in [5.74, 6) is -0.198. The number of nitrogens with zero attached hydrogens (tertiary/aromatic N) is 4. The highest BCUT2D eigenvalue weighted by molar-refractivity contribution is 5.73. The van der Waals surface area contributed by atoms with Crippen LogP contribution in [-0.2, 0) is 4.79 Å². The summed E-state index contributed by atoms with van der Waals surface area (Å²) in [4.78, 5) is 16.7. The fourth-order valence-electron chi connectivity index (χ4n) is 1.82. The lowest BCUT2D eigenvalue weighted by molar-refractivity contribution is -0.135. The van der Waals surface area contributed by atoms with Crippen molar-refractivity contribution in [3.63, 3.8) is 0 Å². The lowest BCUT2D eigenvalue weighted by Gasteiger charge is -2.21. The molecule has 2 rings (SSSR count). The molecule has 0 radical (unpaired) electrons. The third-order valence-corrected chi connectivity index (χ3v) is 2.50. The molecule has 0 atom stereocenters. The molecule has 6 heteroatoms. The van der Waals surface area contributed by atoms with Crippen LogP contribution in [0.1, 0.15) is 5.56 Å². The highest BCUT2D eigenvalue weighted by Crippen LogP contribution is 2.17. The SMILES string of the molecule is C=CCN(CC(=O)O)c1cc(C)cc2ncnn12. The molecule has 0 aromatic carbocycles. The van der Waals surface area contributed by atoms with E-state index < -0.39 is 5.97 Å².